The zero-order valence-corrected chi connectivity index (χ0v) is 18.3. The molecular weight excluding hydrogens is 358 g/mol. The molecule has 29 heavy (non-hydrogen) atoms. The maximum atomic E-state index is 13.0. The van der Waals surface area contributed by atoms with Crippen LogP contribution in [0.4, 0.5) is 10.5 Å². The molecule has 2 amide bonds. The number of anilines is 1. The first kappa shape index (κ1) is 21.0. The van der Waals surface area contributed by atoms with Crippen LogP contribution in [0.1, 0.15) is 44.4 Å². The normalized spacial score (nSPS) is 17.2. The van der Waals surface area contributed by atoms with Gasteiger partial charge in [-0.1, -0.05) is 42.5 Å². The lowest BCUT2D eigenvalue weighted by atomic mass is 9.92. The summed E-state index contributed by atoms with van der Waals surface area (Å²) in [5, 5.41) is 3.23. The minimum Gasteiger partial charge on any atom is -0.365 e. The van der Waals surface area contributed by atoms with Crippen LogP contribution in [0.15, 0.2) is 55.1 Å². The molecule has 0 radical (unpaired) electrons. The summed E-state index contributed by atoms with van der Waals surface area (Å²) in [5.74, 6) is 0. The number of rotatable bonds is 4. The highest BCUT2D eigenvalue weighted by molar-refractivity contribution is 5.76. The van der Waals surface area contributed by atoms with Crippen LogP contribution in [-0.2, 0) is 5.54 Å². The first-order valence-electron chi connectivity index (χ1n) is 10.3. The van der Waals surface area contributed by atoms with Gasteiger partial charge in [-0.15, -0.1) is 0 Å². The van der Waals surface area contributed by atoms with Crippen molar-refractivity contribution in [1.29, 1.82) is 0 Å². The van der Waals surface area contributed by atoms with Crippen LogP contribution in [-0.4, -0.2) is 36.6 Å². The molecule has 1 fully saturated rings. The van der Waals surface area contributed by atoms with Crippen molar-refractivity contribution >= 4 is 17.3 Å². The second-order valence-electron chi connectivity index (χ2n) is 8.74. The highest BCUT2D eigenvalue weighted by atomic mass is 16.2. The number of nitrogens with one attached hydrogen (secondary N) is 1. The number of aryl methyl sites for hydroxylation is 1. The monoisotopic (exact) mass is 391 g/mol. The fourth-order valence-corrected chi connectivity index (χ4v) is 3.92. The van der Waals surface area contributed by atoms with Crippen molar-refractivity contribution in [2.24, 2.45) is 0 Å². The molecule has 0 bridgehead atoms. The average Bonchev–Trinajstić information content (AvgIpc) is 2.67. The summed E-state index contributed by atoms with van der Waals surface area (Å²) < 4.78 is 0. The lowest BCUT2D eigenvalue weighted by Crippen LogP contribution is -2.58. The topological polar surface area (TPSA) is 35.6 Å². The molecule has 3 rings (SSSR count). The van der Waals surface area contributed by atoms with Gasteiger partial charge in [-0.25, -0.2) is 4.79 Å². The molecule has 1 aliphatic heterocycles. The summed E-state index contributed by atoms with van der Waals surface area (Å²) in [7, 11) is 0. The molecule has 1 aliphatic rings. The Morgan fingerprint density at radius 2 is 1.86 bits per heavy atom. The van der Waals surface area contributed by atoms with Crippen molar-refractivity contribution in [3.05, 3.63) is 71.8 Å². The van der Waals surface area contributed by atoms with E-state index in [1.807, 2.05) is 17.9 Å². The fraction of sp³-hybridized carbons (Fsp3) is 0.400. The van der Waals surface area contributed by atoms with E-state index < -0.39 is 5.54 Å². The smallest absolute Gasteiger partial charge is 0.318 e. The summed E-state index contributed by atoms with van der Waals surface area (Å²) in [6.45, 7) is 16.7. The van der Waals surface area contributed by atoms with Crippen LogP contribution in [0.5, 0.6) is 0 Å². The van der Waals surface area contributed by atoms with Gasteiger partial charge in [0.25, 0.3) is 0 Å². The van der Waals surface area contributed by atoms with Crippen LogP contribution >= 0.6 is 0 Å². The third kappa shape index (κ3) is 4.81. The molecule has 4 nitrogen and oxygen atoms in total. The van der Waals surface area contributed by atoms with Gasteiger partial charge in [-0.05, 0) is 69.5 Å². The summed E-state index contributed by atoms with van der Waals surface area (Å²) in [5.41, 5.74) is 5.24. The van der Waals surface area contributed by atoms with Crippen LogP contribution in [0.3, 0.4) is 0 Å². The quantitative estimate of drug-likeness (QED) is 0.779. The van der Waals surface area contributed by atoms with Gasteiger partial charge in [0.2, 0.25) is 0 Å². The number of hydrogen-bond acceptors (Lipinski definition) is 2. The van der Waals surface area contributed by atoms with E-state index in [4.69, 9.17) is 0 Å². The van der Waals surface area contributed by atoms with E-state index in [0.717, 1.165) is 23.2 Å². The van der Waals surface area contributed by atoms with Gasteiger partial charge < -0.3 is 15.1 Å². The molecule has 4 heteroatoms. The minimum absolute atomic E-state index is 0.00790. The van der Waals surface area contributed by atoms with E-state index in [9.17, 15) is 4.79 Å². The van der Waals surface area contributed by atoms with Crippen molar-refractivity contribution in [1.82, 2.24) is 10.2 Å². The molecule has 0 aromatic heterocycles. The van der Waals surface area contributed by atoms with Crippen molar-refractivity contribution in [3.8, 4) is 0 Å². The Labute approximate surface area is 175 Å². The molecule has 1 atom stereocenters. The predicted octanol–water partition coefficient (Wildman–Crippen LogP) is 5.18. The molecule has 2 aromatic rings. The van der Waals surface area contributed by atoms with E-state index in [2.05, 4.69) is 87.0 Å². The number of hydrogen-bond donors (Lipinski definition) is 1. The SMILES string of the molecule is C=C(C)c1cccc(C(C)(C)NC(=O)N2CCN(c3cccc(C)c3)C(C)C2)c1. The Morgan fingerprint density at radius 1 is 1.14 bits per heavy atom. The second kappa shape index (κ2) is 8.32. The van der Waals surface area contributed by atoms with E-state index in [0.29, 0.717) is 13.1 Å². The van der Waals surface area contributed by atoms with Crippen molar-refractivity contribution in [3.63, 3.8) is 0 Å². The van der Waals surface area contributed by atoms with Gasteiger partial charge in [0.05, 0.1) is 5.54 Å². The number of amides is 2. The van der Waals surface area contributed by atoms with Gasteiger partial charge in [0.1, 0.15) is 0 Å². The Balaban J connectivity index is 1.67. The molecule has 0 saturated carbocycles. The molecular formula is C25H33N3O. The Hall–Kier alpha value is -2.75. The average molecular weight is 392 g/mol. The first-order valence-corrected chi connectivity index (χ1v) is 10.3. The largest absolute Gasteiger partial charge is 0.365 e. The van der Waals surface area contributed by atoms with Gasteiger partial charge in [0, 0.05) is 31.4 Å². The van der Waals surface area contributed by atoms with Crippen molar-refractivity contribution < 1.29 is 4.79 Å². The molecule has 2 aromatic carbocycles. The highest BCUT2D eigenvalue weighted by Gasteiger charge is 2.30. The lowest BCUT2D eigenvalue weighted by Gasteiger charge is -2.42. The Kier molecular flexibility index (Phi) is 6.02. The molecule has 1 saturated heterocycles. The zero-order chi connectivity index (χ0) is 21.2. The van der Waals surface area contributed by atoms with Gasteiger partial charge in [0.15, 0.2) is 0 Å². The maximum Gasteiger partial charge on any atom is 0.318 e. The highest BCUT2D eigenvalue weighted by Crippen LogP contribution is 2.25. The number of urea groups is 1. The fourth-order valence-electron chi connectivity index (χ4n) is 3.92. The van der Waals surface area contributed by atoms with Crippen LogP contribution < -0.4 is 10.2 Å². The standard InChI is InChI=1S/C25H33N3O/c1-18(2)21-10-8-11-22(16-21)25(5,6)26-24(29)27-13-14-28(20(4)17-27)23-12-7-9-19(3)15-23/h7-12,15-16,20H,1,13-14,17H2,2-6H3,(H,26,29). The van der Waals surface area contributed by atoms with Gasteiger partial charge >= 0.3 is 6.03 Å². The Morgan fingerprint density at radius 3 is 2.52 bits per heavy atom. The molecule has 154 valence electrons. The number of allylic oxidation sites excluding steroid dienone is 1. The summed E-state index contributed by atoms with van der Waals surface area (Å²) >= 11 is 0. The maximum absolute atomic E-state index is 13.0. The van der Waals surface area contributed by atoms with Crippen molar-refractivity contribution in [2.75, 3.05) is 24.5 Å². The number of carbonyl (C=O) groups is 1. The third-order valence-corrected chi connectivity index (χ3v) is 5.74. The second-order valence-corrected chi connectivity index (χ2v) is 8.74. The van der Waals surface area contributed by atoms with Gasteiger partial charge in [-0.2, -0.15) is 0 Å². The first-order chi connectivity index (χ1) is 13.7. The summed E-state index contributed by atoms with van der Waals surface area (Å²) in [4.78, 5) is 17.3. The van der Waals surface area contributed by atoms with E-state index >= 15 is 0 Å². The van der Waals surface area contributed by atoms with E-state index in [1.54, 1.807) is 0 Å². The molecule has 0 spiro atoms. The Bertz CT molecular complexity index is 902. The van der Waals surface area contributed by atoms with E-state index in [1.165, 1.54) is 11.3 Å². The number of piperazine rings is 1. The van der Waals surface area contributed by atoms with Crippen LogP contribution in [0, 0.1) is 6.92 Å². The molecule has 1 N–H and O–H groups in total. The third-order valence-electron chi connectivity index (χ3n) is 5.74. The minimum atomic E-state index is -0.459. The molecule has 0 aliphatic carbocycles. The summed E-state index contributed by atoms with van der Waals surface area (Å²) in [6.07, 6.45) is 0. The zero-order valence-electron chi connectivity index (χ0n) is 18.3. The number of nitrogens with zero attached hydrogens (tertiary/aromatic N) is 2. The predicted molar refractivity (Wildman–Crippen MR) is 122 cm³/mol. The summed E-state index contributed by atoms with van der Waals surface area (Å²) in [6, 6.07) is 17.1. The van der Waals surface area contributed by atoms with Crippen molar-refractivity contribution in [2.45, 2.75) is 46.2 Å². The van der Waals surface area contributed by atoms with Crippen LogP contribution in [0.2, 0.25) is 0 Å². The molecule has 1 heterocycles. The number of benzene rings is 2. The van der Waals surface area contributed by atoms with E-state index in [-0.39, 0.29) is 12.1 Å². The van der Waals surface area contributed by atoms with Gasteiger partial charge in [-0.3, -0.25) is 0 Å². The molecule has 1 unspecified atom stereocenters. The van der Waals surface area contributed by atoms with Crippen LogP contribution in [0.25, 0.3) is 5.57 Å². The lowest BCUT2D eigenvalue weighted by molar-refractivity contribution is 0.176. The number of carbonyl (C=O) groups excluding carboxylic acids is 1.